The van der Waals surface area contributed by atoms with E-state index in [9.17, 15) is 0 Å². The average Bonchev–Trinajstić information content (AvgIpc) is 3.62. The van der Waals surface area contributed by atoms with E-state index in [4.69, 9.17) is 18.1 Å². The molecule has 0 N–H and O–H groups in total. The third kappa shape index (κ3) is 4.70. The van der Waals surface area contributed by atoms with Gasteiger partial charge in [0, 0.05) is 10.8 Å². The molecule has 0 aliphatic carbocycles. The molecule has 1 heteroatoms. The van der Waals surface area contributed by atoms with Gasteiger partial charge in [-0.2, -0.15) is 0 Å². The van der Waals surface area contributed by atoms with Crippen LogP contribution in [0, 0.1) is 0 Å². The zero-order chi connectivity index (χ0) is 41.7. The van der Waals surface area contributed by atoms with Crippen molar-refractivity contribution >= 4 is 54.3 Å². The van der Waals surface area contributed by atoms with Gasteiger partial charge in [0.15, 0.2) is 0 Å². The summed E-state index contributed by atoms with van der Waals surface area (Å²) < 4.78 is 90.3. The van der Waals surface area contributed by atoms with Gasteiger partial charge in [0.25, 0.3) is 0 Å². The summed E-state index contributed by atoms with van der Waals surface area (Å²) in [6, 6.07) is 36.5. The molecule has 0 radical (unpaired) electrons. The van der Waals surface area contributed by atoms with Gasteiger partial charge in [-0.15, -0.1) is 0 Å². The van der Waals surface area contributed by atoms with E-state index in [1.54, 1.807) is 6.07 Å². The van der Waals surface area contributed by atoms with Crippen LogP contribution in [0.5, 0.6) is 0 Å². The second-order valence-corrected chi connectivity index (χ2v) is 12.5. The van der Waals surface area contributed by atoms with Gasteiger partial charge in [-0.05, 0) is 114 Å². The Hall–Kier alpha value is -6.44. The number of hydrogen-bond donors (Lipinski definition) is 0. The maximum absolute atomic E-state index is 8.74. The average molecular weight is 647 g/mol. The molecule has 0 spiro atoms. The van der Waals surface area contributed by atoms with E-state index in [1.165, 1.54) is 0 Å². The van der Waals surface area contributed by atoms with Crippen LogP contribution < -0.4 is 0 Å². The predicted molar refractivity (Wildman–Crippen MR) is 212 cm³/mol. The molecule has 0 saturated carbocycles. The van der Waals surface area contributed by atoms with Crippen LogP contribution in [0.3, 0.4) is 0 Å². The lowest BCUT2D eigenvalue weighted by molar-refractivity contribution is 0.669. The van der Waals surface area contributed by atoms with E-state index in [0.717, 1.165) is 65.3 Å². The van der Waals surface area contributed by atoms with Gasteiger partial charge in [0.2, 0.25) is 0 Å². The molecular formula is C49H32O. The van der Waals surface area contributed by atoms with Gasteiger partial charge >= 0.3 is 0 Å². The summed E-state index contributed by atoms with van der Waals surface area (Å²) in [4.78, 5) is 0. The molecule has 0 aliphatic heterocycles. The van der Waals surface area contributed by atoms with Crippen molar-refractivity contribution in [2.75, 3.05) is 0 Å². The molecule has 0 saturated heterocycles. The molecule has 0 amide bonds. The van der Waals surface area contributed by atoms with E-state index >= 15 is 0 Å². The second-order valence-electron chi connectivity index (χ2n) is 12.5. The van der Waals surface area contributed by atoms with Crippen molar-refractivity contribution in [2.45, 2.75) is 6.42 Å². The maximum Gasteiger partial charge on any atom is 0.136 e. The Morgan fingerprint density at radius 3 is 1.78 bits per heavy atom. The Balaban J connectivity index is 1.15. The minimum atomic E-state index is -0.426. The van der Waals surface area contributed by atoms with Crippen molar-refractivity contribution in [3.63, 3.8) is 0 Å². The number of benzene rings is 9. The number of fused-ring (bicyclic) bond motifs is 6. The summed E-state index contributed by atoms with van der Waals surface area (Å²) in [6.07, 6.45) is 0.447. The SMILES string of the molecule is [2H]c1c([2H])c([2H])c(-c2ccc3cc4oc5ccc(-c6c7ccccc7c(Cc7ccccc7-c7c([2H])c([2H])c([2H])c([2H])c7[2H])c7ccccc67)cc5c4cc3c2)c([2H])c1[2H]. The summed E-state index contributed by atoms with van der Waals surface area (Å²) in [5.41, 5.74) is 6.80. The lowest BCUT2D eigenvalue weighted by Crippen LogP contribution is -1.97. The van der Waals surface area contributed by atoms with Crippen LogP contribution in [0.15, 0.2) is 186 Å². The molecule has 1 nitrogen and oxygen atoms in total. The third-order valence-corrected chi connectivity index (χ3v) is 9.70. The zero-order valence-electron chi connectivity index (χ0n) is 36.7. The van der Waals surface area contributed by atoms with E-state index < -0.39 is 12.1 Å². The maximum atomic E-state index is 8.74. The first kappa shape index (κ1) is 20.2. The quantitative estimate of drug-likeness (QED) is 0.170. The van der Waals surface area contributed by atoms with Gasteiger partial charge in [-0.1, -0.05) is 151 Å². The monoisotopic (exact) mass is 646 g/mol. The third-order valence-electron chi connectivity index (χ3n) is 9.70. The molecule has 10 aromatic rings. The summed E-state index contributed by atoms with van der Waals surface area (Å²) in [7, 11) is 0. The topological polar surface area (TPSA) is 13.1 Å². The molecule has 0 atom stereocenters. The second kappa shape index (κ2) is 11.6. The Morgan fingerprint density at radius 1 is 0.420 bits per heavy atom. The number of rotatable bonds is 5. The summed E-state index contributed by atoms with van der Waals surface area (Å²) in [5, 5.41) is 7.65. The van der Waals surface area contributed by atoms with Gasteiger partial charge in [0.1, 0.15) is 11.2 Å². The minimum absolute atomic E-state index is 0.155. The van der Waals surface area contributed by atoms with Crippen LogP contribution in [-0.2, 0) is 6.42 Å². The molecular weight excluding hydrogens is 605 g/mol. The molecule has 1 heterocycles. The van der Waals surface area contributed by atoms with E-state index in [-0.39, 0.29) is 59.5 Å². The normalized spacial score (nSPS) is 14.5. The van der Waals surface area contributed by atoms with Gasteiger partial charge in [-0.25, -0.2) is 0 Å². The van der Waals surface area contributed by atoms with Crippen LogP contribution in [0.2, 0.25) is 0 Å². The van der Waals surface area contributed by atoms with Crippen LogP contribution in [0.4, 0.5) is 0 Å². The van der Waals surface area contributed by atoms with E-state index in [1.807, 2.05) is 78.9 Å². The smallest absolute Gasteiger partial charge is 0.136 e. The first-order valence-corrected chi connectivity index (χ1v) is 16.5. The summed E-state index contributed by atoms with van der Waals surface area (Å²) >= 11 is 0. The molecule has 0 aliphatic rings. The first-order chi connectivity index (χ1) is 28.9. The lowest BCUT2D eigenvalue weighted by Gasteiger charge is -2.18. The number of hydrogen-bond acceptors (Lipinski definition) is 1. The van der Waals surface area contributed by atoms with Crippen molar-refractivity contribution < 1.29 is 18.1 Å². The summed E-state index contributed by atoms with van der Waals surface area (Å²) in [6.45, 7) is 0. The molecule has 1 aromatic heterocycles. The van der Waals surface area contributed by atoms with Crippen LogP contribution >= 0.6 is 0 Å². The van der Waals surface area contributed by atoms with Crippen molar-refractivity contribution in [3.8, 4) is 33.4 Å². The van der Waals surface area contributed by atoms with Crippen molar-refractivity contribution in [1.82, 2.24) is 0 Å². The van der Waals surface area contributed by atoms with Crippen molar-refractivity contribution in [3.05, 3.63) is 193 Å². The largest absolute Gasteiger partial charge is 0.456 e. The van der Waals surface area contributed by atoms with Crippen LogP contribution in [0.25, 0.3) is 87.6 Å². The fraction of sp³-hybridized carbons (Fsp3) is 0.0204. The van der Waals surface area contributed by atoms with E-state index in [0.29, 0.717) is 28.7 Å². The highest BCUT2D eigenvalue weighted by atomic mass is 16.3. The Morgan fingerprint density at radius 2 is 1.04 bits per heavy atom. The van der Waals surface area contributed by atoms with Crippen LogP contribution in [0.1, 0.15) is 24.8 Å². The van der Waals surface area contributed by atoms with Crippen LogP contribution in [-0.4, -0.2) is 0 Å². The van der Waals surface area contributed by atoms with Gasteiger partial charge in [-0.3, -0.25) is 0 Å². The summed E-state index contributed by atoms with van der Waals surface area (Å²) in [5.74, 6) is 0. The highest BCUT2D eigenvalue weighted by molar-refractivity contribution is 6.17. The molecule has 50 heavy (non-hydrogen) atoms. The highest BCUT2D eigenvalue weighted by Gasteiger charge is 2.18. The van der Waals surface area contributed by atoms with Crippen molar-refractivity contribution in [1.29, 1.82) is 0 Å². The first-order valence-electron chi connectivity index (χ1n) is 21.5. The highest BCUT2D eigenvalue weighted by Crippen LogP contribution is 2.43. The molecule has 0 fully saturated rings. The standard InChI is InChI=1S/C49H32O/c1-3-13-32(14-4-1)34-23-24-35-31-48-46(30-38(35)27-34)45-29-37(25-26-47(45)50-48)49-42-21-11-9-19-40(42)44(41-20-10-12-22-43(41)49)28-36-17-7-8-18-39(36)33-15-5-2-6-16-33/h1-27,29-31H,28H2/i1D,2D,3D,4D,5D,6D,13D,14D,15D,16D. The van der Waals surface area contributed by atoms with Gasteiger partial charge in [0.05, 0.1) is 13.7 Å². The molecule has 10 rings (SSSR count). The van der Waals surface area contributed by atoms with E-state index in [2.05, 4.69) is 36.4 Å². The molecule has 0 unspecified atom stereocenters. The van der Waals surface area contributed by atoms with Crippen molar-refractivity contribution in [2.24, 2.45) is 0 Å². The Bertz CT molecular complexity index is 3360. The van der Waals surface area contributed by atoms with Gasteiger partial charge < -0.3 is 4.42 Å². The Kier molecular flexibility index (Phi) is 4.68. The molecule has 234 valence electrons. The lowest BCUT2D eigenvalue weighted by atomic mass is 9.85. The fourth-order valence-electron chi connectivity index (χ4n) is 7.44. The number of furan rings is 1. The Labute approximate surface area is 304 Å². The predicted octanol–water partition coefficient (Wildman–Crippen LogP) is 13.6. The minimum Gasteiger partial charge on any atom is -0.456 e. The fourth-order valence-corrected chi connectivity index (χ4v) is 7.44. The zero-order valence-corrected chi connectivity index (χ0v) is 26.7. The molecule has 9 aromatic carbocycles. The molecule has 0 bridgehead atoms.